The minimum atomic E-state index is -1.24. The van der Waals surface area contributed by atoms with Crippen LogP contribution >= 0.6 is 0 Å². The summed E-state index contributed by atoms with van der Waals surface area (Å²) in [6.07, 6.45) is 1.16. The van der Waals surface area contributed by atoms with Crippen LogP contribution in [0.5, 0.6) is 0 Å². The largest absolute Gasteiger partial charge is 0.478 e. The van der Waals surface area contributed by atoms with Gasteiger partial charge in [-0.3, -0.25) is 9.59 Å². The Labute approximate surface area is 108 Å². The monoisotopic (exact) mass is 261 g/mol. The number of carboxylic acids is 1. The lowest BCUT2D eigenvalue weighted by molar-refractivity contribution is -0.128. The SMILES string of the molecule is N#Cc1cc(C(=O)O)c(CN2CCCC2=O)[nH]c1=O. The van der Waals surface area contributed by atoms with E-state index in [1.165, 1.54) is 4.90 Å². The lowest BCUT2D eigenvalue weighted by Crippen LogP contribution is -2.28. The molecule has 1 aliphatic rings. The normalized spacial score (nSPS) is 14.5. The molecular weight excluding hydrogens is 250 g/mol. The van der Waals surface area contributed by atoms with Crippen LogP contribution in [0.2, 0.25) is 0 Å². The highest BCUT2D eigenvalue weighted by Gasteiger charge is 2.23. The summed E-state index contributed by atoms with van der Waals surface area (Å²) in [4.78, 5) is 38.0. The highest BCUT2D eigenvalue weighted by molar-refractivity contribution is 5.89. The molecule has 0 unspecified atom stereocenters. The molecule has 0 aliphatic carbocycles. The van der Waals surface area contributed by atoms with E-state index in [9.17, 15) is 14.4 Å². The number of hydrogen-bond acceptors (Lipinski definition) is 4. The van der Waals surface area contributed by atoms with E-state index in [0.717, 1.165) is 12.5 Å². The van der Waals surface area contributed by atoms with E-state index < -0.39 is 11.5 Å². The van der Waals surface area contributed by atoms with Crippen LogP contribution in [0.3, 0.4) is 0 Å². The van der Waals surface area contributed by atoms with Gasteiger partial charge in [-0.2, -0.15) is 5.26 Å². The van der Waals surface area contributed by atoms with Crippen LogP contribution in [0.25, 0.3) is 0 Å². The molecule has 0 radical (unpaired) electrons. The number of nitrogens with one attached hydrogen (secondary N) is 1. The Morgan fingerprint density at radius 3 is 2.79 bits per heavy atom. The quantitative estimate of drug-likeness (QED) is 0.798. The van der Waals surface area contributed by atoms with Gasteiger partial charge in [0, 0.05) is 13.0 Å². The molecular formula is C12H11N3O4. The van der Waals surface area contributed by atoms with Gasteiger partial charge in [-0.05, 0) is 12.5 Å². The Morgan fingerprint density at radius 2 is 2.26 bits per heavy atom. The van der Waals surface area contributed by atoms with Crippen LogP contribution in [0.15, 0.2) is 10.9 Å². The molecule has 1 fully saturated rings. The minimum absolute atomic E-state index is 0.0431. The Hall–Kier alpha value is -2.62. The highest BCUT2D eigenvalue weighted by atomic mass is 16.4. The predicted octanol–water partition coefficient (Wildman–Crippen LogP) is 0.0672. The number of carbonyl (C=O) groups excluding carboxylic acids is 1. The number of aromatic nitrogens is 1. The summed E-state index contributed by atoms with van der Waals surface area (Å²) in [5, 5.41) is 17.8. The van der Waals surface area contributed by atoms with Gasteiger partial charge < -0.3 is 15.0 Å². The van der Waals surface area contributed by atoms with Crippen LogP contribution in [-0.2, 0) is 11.3 Å². The van der Waals surface area contributed by atoms with Gasteiger partial charge in [-0.1, -0.05) is 0 Å². The lowest BCUT2D eigenvalue weighted by Gasteiger charge is -2.16. The summed E-state index contributed by atoms with van der Waals surface area (Å²) >= 11 is 0. The summed E-state index contributed by atoms with van der Waals surface area (Å²) < 4.78 is 0. The number of likely N-dealkylation sites (tertiary alicyclic amines) is 1. The number of nitrogens with zero attached hydrogens (tertiary/aromatic N) is 2. The second-order valence-electron chi connectivity index (χ2n) is 4.24. The van der Waals surface area contributed by atoms with Gasteiger partial charge in [-0.15, -0.1) is 0 Å². The first-order valence-electron chi connectivity index (χ1n) is 5.70. The van der Waals surface area contributed by atoms with Crippen molar-refractivity contribution >= 4 is 11.9 Å². The van der Waals surface area contributed by atoms with Crippen LogP contribution in [-0.4, -0.2) is 33.4 Å². The van der Waals surface area contributed by atoms with Crippen molar-refractivity contribution in [1.29, 1.82) is 5.26 Å². The van der Waals surface area contributed by atoms with Gasteiger partial charge >= 0.3 is 5.97 Å². The minimum Gasteiger partial charge on any atom is -0.478 e. The second-order valence-corrected chi connectivity index (χ2v) is 4.24. The van der Waals surface area contributed by atoms with Gasteiger partial charge in [0.1, 0.15) is 11.6 Å². The van der Waals surface area contributed by atoms with E-state index in [4.69, 9.17) is 10.4 Å². The molecule has 1 aromatic heterocycles. The number of H-pyrrole nitrogens is 1. The predicted molar refractivity (Wildman–Crippen MR) is 63.4 cm³/mol. The number of hydrogen-bond donors (Lipinski definition) is 2. The summed E-state index contributed by atoms with van der Waals surface area (Å²) in [7, 11) is 0. The molecule has 7 nitrogen and oxygen atoms in total. The van der Waals surface area contributed by atoms with Crippen molar-refractivity contribution in [3.8, 4) is 6.07 Å². The van der Waals surface area contributed by atoms with Gasteiger partial charge in [0.15, 0.2) is 0 Å². The summed E-state index contributed by atoms with van der Waals surface area (Å²) in [5.74, 6) is -1.31. The zero-order valence-electron chi connectivity index (χ0n) is 9.97. The van der Waals surface area contributed by atoms with Crippen molar-refractivity contribution < 1.29 is 14.7 Å². The zero-order chi connectivity index (χ0) is 14.0. The van der Waals surface area contributed by atoms with E-state index in [1.807, 2.05) is 0 Å². The van der Waals surface area contributed by atoms with Gasteiger partial charge in [0.25, 0.3) is 5.56 Å². The average Bonchev–Trinajstić information content (AvgIpc) is 2.75. The summed E-state index contributed by atoms with van der Waals surface area (Å²) in [5.41, 5.74) is -0.911. The molecule has 0 atom stereocenters. The number of nitriles is 1. The number of carbonyl (C=O) groups is 2. The molecule has 1 amide bonds. The lowest BCUT2D eigenvalue weighted by atomic mass is 10.1. The smallest absolute Gasteiger partial charge is 0.337 e. The molecule has 2 heterocycles. The van der Waals surface area contributed by atoms with E-state index in [2.05, 4.69) is 4.98 Å². The average molecular weight is 261 g/mol. The fourth-order valence-electron chi connectivity index (χ4n) is 2.03. The van der Waals surface area contributed by atoms with Gasteiger partial charge in [-0.25, -0.2) is 4.79 Å². The fraction of sp³-hybridized carbons (Fsp3) is 0.333. The number of aromatic amines is 1. The van der Waals surface area contributed by atoms with E-state index in [-0.39, 0.29) is 29.3 Å². The maximum Gasteiger partial charge on any atom is 0.337 e. The third-order valence-corrected chi connectivity index (χ3v) is 2.99. The molecule has 7 heteroatoms. The zero-order valence-corrected chi connectivity index (χ0v) is 9.97. The van der Waals surface area contributed by atoms with Gasteiger partial charge in [0.2, 0.25) is 5.91 Å². The van der Waals surface area contributed by atoms with Crippen molar-refractivity contribution in [1.82, 2.24) is 9.88 Å². The van der Waals surface area contributed by atoms with Crippen LogP contribution in [0, 0.1) is 11.3 Å². The topological polar surface area (TPSA) is 114 Å². The third-order valence-electron chi connectivity index (χ3n) is 2.99. The van der Waals surface area contributed by atoms with Crippen molar-refractivity contribution in [3.63, 3.8) is 0 Å². The molecule has 1 aromatic rings. The number of pyridine rings is 1. The molecule has 0 bridgehead atoms. The number of amides is 1. The van der Waals surface area contributed by atoms with Crippen molar-refractivity contribution in [2.45, 2.75) is 19.4 Å². The Bertz CT molecular complexity index is 641. The van der Waals surface area contributed by atoms with Crippen LogP contribution in [0.4, 0.5) is 0 Å². The highest BCUT2D eigenvalue weighted by Crippen LogP contribution is 2.15. The number of carboxylic acid groups (broad SMARTS) is 1. The number of rotatable bonds is 3. The third kappa shape index (κ3) is 2.47. The standard InChI is InChI=1S/C12H11N3O4/c13-5-7-4-8(12(18)19)9(14-11(7)17)6-15-3-1-2-10(15)16/h4H,1-3,6H2,(H,14,17)(H,18,19). The van der Waals surface area contributed by atoms with Gasteiger partial charge in [0.05, 0.1) is 17.8 Å². The maximum atomic E-state index is 11.5. The van der Waals surface area contributed by atoms with E-state index >= 15 is 0 Å². The first-order valence-corrected chi connectivity index (χ1v) is 5.70. The number of aromatic carboxylic acids is 1. The van der Waals surface area contributed by atoms with Crippen molar-refractivity contribution in [3.05, 3.63) is 33.2 Å². The molecule has 0 aromatic carbocycles. The molecule has 2 rings (SSSR count). The van der Waals surface area contributed by atoms with Crippen molar-refractivity contribution in [2.24, 2.45) is 0 Å². The van der Waals surface area contributed by atoms with Crippen LogP contribution < -0.4 is 5.56 Å². The molecule has 1 saturated heterocycles. The molecule has 0 spiro atoms. The molecule has 0 saturated carbocycles. The second kappa shape index (κ2) is 4.94. The first kappa shape index (κ1) is 12.8. The van der Waals surface area contributed by atoms with Crippen molar-refractivity contribution in [2.75, 3.05) is 6.54 Å². The summed E-state index contributed by atoms with van der Waals surface area (Å²) in [6, 6.07) is 2.67. The Balaban J connectivity index is 2.41. The summed E-state index contributed by atoms with van der Waals surface area (Å²) in [6.45, 7) is 0.585. The maximum absolute atomic E-state index is 11.5. The van der Waals surface area contributed by atoms with E-state index in [0.29, 0.717) is 13.0 Å². The first-order chi connectivity index (χ1) is 9.02. The fourth-order valence-corrected chi connectivity index (χ4v) is 2.03. The Morgan fingerprint density at radius 1 is 1.53 bits per heavy atom. The molecule has 19 heavy (non-hydrogen) atoms. The molecule has 1 aliphatic heterocycles. The van der Waals surface area contributed by atoms with Crippen LogP contribution in [0.1, 0.15) is 34.5 Å². The van der Waals surface area contributed by atoms with E-state index in [1.54, 1.807) is 6.07 Å². The Kier molecular flexibility index (Phi) is 3.33. The molecule has 98 valence electrons. The molecule has 2 N–H and O–H groups in total.